The summed E-state index contributed by atoms with van der Waals surface area (Å²) in [4.78, 5) is 16.8. The Balaban J connectivity index is 1.70. The lowest BCUT2D eigenvalue weighted by Crippen LogP contribution is -2.08. The van der Waals surface area contributed by atoms with Crippen molar-refractivity contribution in [2.45, 2.75) is 6.61 Å². The highest BCUT2D eigenvalue weighted by Gasteiger charge is 2.18. The molecule has 0 aliphatic carbocycles. The molecule has 134 valence electrons. The first kappa shape index (κ1) is 17.9. The van der Waals surface area contributed by atoms with Gasteiger partial charge in [-0.2, -0.15) is 0 Å². The summed E-state index contributed by atoms with van der Waals surface area (Å²) in [6, 6.07) is 11.1. The minimum Gasteiger partial charge on any atom is -0.493 e. The second kappa shape index (κ2) is 7.97. The van der Waals surface area contributed by atoms with E-state index in [1.807, 2.05) is 0 Å². The summed E-state index contributed by atoms with van der Waals surface area (Å²) in [5.74, 6) is -0.0525. The number of nitrogens with zero attached hydrogens (tertiary/aromatic N) is 1. The number of carbonyl (C=O) groups excluding carboxylic acids is 1. The Hall–Kier alpha value is -2.93. The molecule has 3 rings (SSSR count). The van der Waals surface area contributed by atoms with Gasteiger partial charge in [0.15, 0.2) is 11.5 Å². The molecule has 0 bridgehead atoms. The van der Waals surface area contributed by atoms with Crippen molar-refractivity contribution < 1.29 is 23.4 Å². The van der Waals surface area contributed by atoms with Gasteiger partial charge in [0.1, 0.15) is 23.0 Å². The van der Waals surface area contributed by atoms with Crippen molar-refractivity contribution in [2.75, 3.05) is 14.2 Å². The average Bonchev–Trinajstić information content (AvgIpc) is 3.14. The van der Waals surface area contributed by atoms with Crippen LogP contribution >= 0.6 is 11.3 Å². The number of carbonyl (C=O) groups is 1. The number of thiazole rings is 1. The predicted molar refractivity (Wildman–Crippen MR) is 96.2 cm³/mol. The molecule has 26 heavy (non-hydrogen) atoms. The molecule has 0 radical (unpaired) electrons. The van der Waals surface area contributed by atoms with Crippen LogP contribution in [0.2, 0.25) is 0 Å². The van der Waals surface area contributed by atoms with Crippen LogP contribution in [0.5, 0.6) is 11.5 Å². The first-order valence-electron chi connectivity index (χ1n) is 7.71. The highest BCUT2D eigenvalue weighted by atomic mass is 32.1. The zero-order valence-electron chi connectivity index (χ0n) is 14.2. The summed E-state index contributed by atoms with van der Waals surface area (Å²) in [7, 11) is 2.96. The lowest BCUT2D eigenvalue weighted by atomic mass is 10.2. The smallest absolute Gasteiger partial charge is 0.342 e. The van der Waals surface area contributed by atoms with Crippen LogP contribution in [0.1, 0.15) is 16.1 Å². The number of hydrogen-bond acceptors (Lipinski definition) is 6. The van der Waals surface area contributed by atoms with E-state index in [4.69, 9.17) is 14.2 Å². The van der Waals surface area contributed by atoms with Crippen LogP contribution in [0.25, 0.3) is 10.6 Å². The van der Waals surface area contributed by atoms with Crippen molar-refractivity contribution in [1.29, 1.82) is 0 Å². The van der Waals surface area contributed by atoms with Crippen molar-refractivity contribution >= 4 is 17.3 Å². The molecule has 0 saturated carbocycles. The quantitative estimate of drug-likeness (QED) is 0.602. The zero-order valence-corrected chi connectivity index (χ0v) is 15.0. The summed E-state index contributed by atoms with van der Waals surface area (Å²) in [6.45, 7) is 0.0247. The van der Waals surface area contributed by atoms with Gasteiger partial charge in [0, 0.05) is 10.9 Å². The number of para-hydroxylation sites is 1. The lowest BCUT2D eigenvalue weighted by molar-refractivity contribution is 0.0464. The molecule has 0 amide bonds. The number of ether oxygens (including phenoxy) is 3. The summed E-state index contributed by atoms with van der Waals surface area (Å²) in [5.41, 5.74) is 1.70. The van der Waals surface area contributed by atoms with Gasteiger partial charge in [-0.3, -0.25) is 0 Å². The van der Waals surface area contributed by atoms with Gasteiger partial charge in [-0.15, -0.1) is 11.3 Å². The monoisotopic (exact) mass is 373 g/mol. The van der Waals surface area contributed by atoms with Crippen LogP contribution in [-0.4, -0.2) is 25.2 Å². The number of esters is 1. The maximum atomic E-state index is 13.0. The number of benzene rings is 2. The van der Waals surface area contributed by atoms with E-state index in [2.05, 4.69) is 4.98 Å². The van der Waals surface area contributed by atoms with E-state index >= 15 is 0 Å². The van der Waals surface area contributed by atoms with Crippen LogP contribution in [0.4, 0.5) is 4.39 Å². The first-order chi connectivity index (χ1) is 12.6. The van der Waals surface area contributed by atoms with Crippen LogP contribution in [0, 0.1) is 5.82 Å². The SMILES string of the molecule is COc1cccc(C(=O)OCc2csc(-c3ccc(F)cc3)n2)c1OC. The van der Waals surface area contributed by atoms with E-state index in [0.717, 1.165) is 10.6 Å². The van der Waals surface area contributed by atoms with Crippen LogP contribution in [0.3, 0.4) is 0 Å². The van der Waals surface area contributed by atoms with E-state index in [-0.39, 0.29) is 18.0 Å². The molecule has 2 aromatic carbocycles. The second-order valence-corrected chi connectivity index (χ2v) is 6.13. The summed E-state index contributed by atoms with van der Waals surface area (Å²) in [5, 5.41) is 2.53. The molecular formula is C19H16FNO4S. The Morgan fingerprint density at radius 3 is 2.58 bits per heavy atom. The topological polar surface area (TPSA) is 57.7 Å². The van der Waals surface area contributed by atoms with E-state index in [1.165, 1.54) is 37.7 Å². The molecule has 0 N–H and O–H groups in total. The van der Waals surface area contributed by atoms with Gasteiger partial charge in [0.2, 0.25) is 0 Å². The Kier molecular flexibility index (Phi) is 5.48. The van der Waals surface area contributed by atoms with Crippen LogP contribution < -0.4 is 9.47 Å². The van der Waals surface area contributed by atoms with Crippen molar-refractivity contribution in [3.63, 3.8) is 0 Å². The normalized spacial score (nSPS) is 10.4. The number of methoxy groups -OCH3 is 2. The predicted octanol–water partition coefficient (Wildman–Crippen LogP) is 4.32. The van der Waals surface area contributed by atoms with E-state index in [1.54, 1.807) is 35.7 Å². The maximum absolute atomic E-state index is 13.0. The number of hydrogen-bond donors (Lipinski definition) is 0. The summed E-state index contributed by atoms with van der Waals surface area (Å²) in [6.07, 6.45) is 0. The Bertz CT molecular complexity index is 908. The third-order valence-electron chi connectivity index (χ3n) is 3.62. The van der Waals surface area contributed by atoms with E-state index in [9.17, 15) is 9.18 Å². The lowest BCUT2D eigenvalue weighted by Gasteiger charge is -2.11. The third-order valence-corrected chi connectivity index (χ3v) is 4.56. The molecule has 1 heterocycles. The average molecular weight is 373 g/mol. The van der Waals surface area contributed by atoms with Crippen LogP contribution in [-0.2, 0) is 11.3 Å². The third kappa shape index (κ3) is 3.83. The molecule has 0 spiro atoms. The zero-order chi connectivity index (χ0) is 18.5. The van der Waals surface area contributed by atoms with Gasteiger partial charge in [0.25, 0.3) is 0 Å². The Labute approximate surface area is 154 Å². The molecule has 7 heteroatoms. The van der Waals surface area contributed by atoms with Gasteiger partial charge in [-0.25, -0.2) is 14.2 Å². The molecule has 1 aromatic heterocycles. The Morgan fingerprint density at radius 1 is 1.12 bits per heavy atom. The van der Waals surface area contributed by atoms with Crippen molar-refractivity contribution in [3.05, 3.63) is 64.9 Å². The van der Waals surface area contributed by atoms with E-state index in [0.29, 0.717) is 17.2 Å². The van der Waals surface area contributed by atoms with E-state index < -0.39 is 5.97 Å². The minimum absolute atomic E-state index is 0.0247. The van der Waals surface area contributed by atoms with Gasteiger partial charge in [-0.05, 0) is 36.4 Å². The fourth-order valence-corrected chi connectivity index (χ4v) is 3.17. The van der Waals surface area contributed by atoms with Crippen molar-refractivity contribution in [3.8, 4) is 22.1 Å². The van der Waals surface area contributed by atoms with Gasteiger partial charge >= 0.3 is 5.97 Å². The van der Waals surface area contributed by atoms with Crippen molar-refractivity contribution in [1.82, 2.24) is 4.98 Å². The minimum atomic E-state index is -0.530. The largest absolute Gasteiger partial charge is 0.493 e. The molecule has 0 atom stereocenters. The second-order valence-electron chi connectivity index (χ2n) is 5.27. The molecule has 5 nitrogen and oxygen atoms in total. The Morgan fingerprint density at radius 2 is 1.88 bits per heavy atom. The van der Waals surface area contributed by atoms with Crippen LogP contribution in [0.15, 0.2) is 47.8 Å². The molecular weight excluding hydrogens is 357 g/mol. The van der Waals surface area contributed by atoms with Gasteiger partial charge < -0.3 is 14.2 Å². The molecule has 0 aliphatic heterocycles. The summed E-state index contributed by atoms with van der Waals surface area (Å²) < 4.78 is 28.8. The number of rotatable bonds is 6. The number of aromatic nitrogens is 1. The molecule has 3 aromatic rings. The van der Waals surface area contributed by atoms with Gasteiger partial charge in [-0.1, -0.05) is 6.07 Å². The molecule has 0 saturated heterocycles. The highest BCUT2D eigenvalue weighted by molar-refractivity contribution is 7.13. The molecule has 0 unspecified atom stereocenters. The highest BCUT2D eigenvalue weighted by Crippen LogP contribution is 2.31. The molecule has 0 fully saturated rings. The fourth-order valence-electron chi connectivity index (χ4n) is 2.36. The maximum Gasteiger partial charge on any atom is 0.342 e. The van der Waals surface area contributed by atoms with Crippen molar-refractivity contribution in [2.24, 2.45) is 0 Å². The number of halogens is 1. The fraction of sp³-hybridized carbons (Fsp3) is 0.158. The molecule has 0 aliphatic rings. The standard InChI is InChI=1S/C19H16FNO4S/c1-23-16-5-3-4-15(17(16)24-2)19(22)25-10-14-11-26-18(21-14)12-6-8-13(20)9-7-12/h3-9,11H,10H2,1-2H3. The summed E-state index contributed by atoms with van der Waals surface area (Å²) >= 11 is 1.40. The first-order valence-corrected chi connectivity index (χ1v) is 8.58. The van der Waals surface area contributed by atoms with Gasteiger partial charge in [0.05, 0.1) is 19.9 Å².